The summed E-state index contributed by atoms with van der Waals surface area (Å²) in [6, 6.07) is 8.11. The Bertz CT molecular complexity index is 672. The van der Waals surface area contributed by atoms with Crippen LogP contribution in [-0.4, -0.2) is 23.9 Å². The van der Waals surface area contributed by atoms with Gasteiger partial charge in [-0.25, -0.2) is 0 Å². The summed E-state index contributed by atoms with van der Waals surface area (Å²) in [6.07, 6.45) is 2.18. The zero-order valence-electron chi connectivity index (χ0n) is 11.9. The van der Waals surface area contributed by atoms with E-state index in [1.54, 1.807) is 0 Å². The number of carbonyl (C=O) groups is 1. The predicted molar refractivity (Wildman–Crippen MR) is 91.7 cm³/mol. The summed E-state index contributed by atoms with van der Waals surface area (Å²) in [5, 5.41) is 0.627. The van der Waals surface area contributed by atoms with Crippen LogP contribution in [0.5, 0.6) is 0 Å². The lowest BCUT2D eigenvalue weighted by molar-refractivity contribution is 0.0793. The van der Waals surface area contributed by atoms with Crippen LogP contribution >= 0.6 is 27.3 Å². The average molecular weight is 365 g/mol. The number of carbonyl (C=O) groups excluding carboxylic acids is 1. The van der Waals surface area contributed by atoms with E-state index < -0.39 is 0 Å². The molecular formula is C16H17BrN2OS. The van der Waals surface area contributed by atoms with Crippen LogP contribution in [0.1, 0.15) is 28.8 Å². The lowest BCUT2D eigenvalue weighted by Gasteiger charge is -2.15. The van der Waals surface area contributed by atoms with Crippen molar-refractivity contribution >= 4 is 38.2 Å². The van der Waals surface area contributed by atoms with E-state index in [0.717, 1.165) is 46.4 Å². The molecule has 0 radical (unpaired) electrons. The summed E-state index contributed by atoms with van der Waals surface area (Å²) in [5.41, 5.74) is 8.94. The summed E-state index contributed by atoms with van der Waals surface area (Å²) >= 11 is 4.94. The Morgan fingerprint density at radius 2 is 1.86 bits per heavy atom. The highest BCUT2D eigenvalue weighted by Crippen LogP contribution is 2.39. The molecule has 1 fully saturated rings. The Kier molecular flexibility index (Phi) is 4.04. The number of rotatable bonds is 2. The van der Waals surface area contributed by atoms with Crippen molar-refractivity contribution < 1.29 is 4.79 Å². The number of nitrogens with zero attached hydrogens (tertiary/aromatic N) is 1. The van der Waals surface area contributed by atoms with Gasteiger partial charge in [-0.3, -0.25) is 4.79 Å². The lowest BCUT2D eigenvalue weighted by Crippen LogP contribution is -2.28. The molecule has 1 aromatic heterocycles. The first-order valence-corrected chi connectivity index (χ1v) is 8.63. The van der Waals surface area contributed by atoms with Crippen LogP contribution in [-0.2, 0) is 0 Å². The summed E-state index contributed by atoms with van der Waals surface area (Å²) in [4.78, 5) is 15.6. The molecule has 0 bridgehead atoms. The third kappa shape index (κ3) is 2.72. The van der Waals surface area contributed by atoms with Crippen LogP contribution in [0.4, 0.5) is 5.00 Å². The number of nitrogens with two attached hydrogens (primary N) is 1. The van der Waals surface area contributed by atoms with Gasteiger partial charge >= 0.3 is 0 Å². The second kappa shape index (κ2) is 5.81. The average Bonchev–Trinajstić information content (AvgIpc) is 3.08. The lowest BCUT2D eigenvalue weighted by atomic mass is 10.1. The molecule has 5 heteroatoms. The van der Waals surface area contributed by atoms with Gasteiger partial charge in [-0.2, -0.15) is 0 Å². The topological polar surface area (TPSA) is 46.3 Å². The molecule has 2 heterocycles. The third-order valence-electron chi connectivity index (χ3n) is 3.89. The van der Waals surface area contributed by atoms with Crippen LogP contribution in [0, 0.1) is 6.92 Å². The predicted octanol–water partition coefficient (Wildman–Crippen LogP) is 4.30. The molecular weight excluding hydrogens is 348 g/mol. The van der Waals surface area contributed by atoms with Crippen molar-refractivity contribution in [1.29, 1.82) is 0 Å². The van der Waals surface area contributed by atoms with E-state index in [0.29, 0.717) is 10.6 Å². The number of thiophene rings is 1. The van der Waals surface area contributed by atoms with E-state index in [2.05, 4.69) is 15.9 Å². The second-order valence-electron chi connectivity index (χ2n) is 5.30. The second-order valence-corrected chi connectivity index (χ2v) is 7.27. The molecule has 0 atom stereocenters. The normalized spacial score (nSPS) is 14.7. The summed E-state index contributed by atoms with van der Waals surface area (Å²) in [6.45, 7) is 3.69. The Hall–Kier alpha value is -1.33. The number of halogens is 1. The molecule has 21 heavy (non-hydrogen) atoms. The van der Waals surface area contributed by atoms with E-state index >= 15 is 0 Å². The van der Waals surface area contributed by atoms with Crippen molar-refractivity contribution in [2.45, 2.75) is 19.8 Å². The molecule has 3 nitrogen and oxygen atoms in total. The van der Waals surface area contributed by atoms with Crippen molar-refractivity contribution in [3.63, 3.8) is 0 Å². The standard InChI is InChI=1S/C16H17BrN2OS/c1-10-13(16(20)19-8-2-3-9-19)15(18)21-14(10)11-4-6-12(17)7-5-11/h4-7H,2-3,8-9,18H2,1H3. The van der Waals surface area contributed by atoms with Gasteiger partial charge in [0.05, 0.1) is 10.6 Å². The van der Waals surface area contributed by atoms with Crippen LogP contribution in [0.3, 0.4) is 0 Å². The molecule has 0 spiro atoms. The number of hydrogen-bond acceptors (Lipinski definition) is 3. The van der Waals surface area contributed by atoms with Gasteiger partial charge in [-0.15, -0.1) is 11.3 Å². The quantitative estimate of drug-likeness (QED) is 0.862. The number of nitrogen functional groups attached to an aromatic ring is 1. The first kappa shape index (κ1) is 14.6. The SMILES string of the molecule is Cc1c(-c2ccc(Br)cc2)sc(N)c1C(=O)N1CCCC1. The van der Waals surface area contributed by atoms with Gasteiger partial charge in [-0.1, -0.05) is 28.1 Å². The largest absolute Gasteiger partial charge is 0.390 e. The van der Waals surface area contributed by atoms with Crippen LogP contribution < -0.4 is 5.73 Å². The Balaban J connectivity index is 1.99. The van der Waals surface area contributed by atoms with Crippen molar-refractivity contribution in [1.82, 2.24) is 4.90 Å². The third-order valence-corrected chi connectivity index (χ3v) is 5.59. The van der Waals surface area contributed by atoms with Crippen LogP contribution in [0.25, 0.3) is 10.4 Å². The van der Waals surface area contributed by atoms with Crippen LogP contribution in [0.15, 0.2) is 28.7 Å². The molecule has 2 N–H and O–H groups in total. The maximum Gasteiger partial charge on any atom is 0.257 e. The fourth-order valence-corrected chi connectivity index (χ4v) is 4.09. The number of likely N-dealkylation sites (tertiary alicyclic amines) is 1. The van der Waals surface area contributed by atoms with E-state index in [9.17, 15) is 4.79 Å². The highest BCUT2D eigenvalue weighted by molar-refractivity contribution is 9.10. The Morgan fingerprint density at radius 1 is 1.24 bits per heavy atom. The van der Waals surface area contributed by atoms with Crippen molar-refractivity contribution in [2.75, 3.05) is 18.8 Å². The first-order valence-electron chi connectivity index (χ1n) is 7.02. The zero-order valence-corrected chi connectivity index (χ0v) is 14.3. The van der Waals surface area contributed by atoms with Crippen molar-refractivity contribution in [3.8, 4) is 10.4 Å². The zero-order chi connectivity index (χ0) is 15.0. The monoisotopic (exact) mass is 364 g/mol. The van der Waals surface area contributed by atoms with Gasteiger partial charge < -0.3 is 10.6 Å². The Morgan fingerprint density at radius 3 is 2.48 bits per heavy atom. The number of anilines is 1. The molecule has 1 aromatic carbocycles. The van der Waals surface area contributed by atoms with Gasteiger partial charge in [0.1, 0.15) is 0 Å². The van der Waals surface area contributed by atoms with E-state index in [1.807, 2.05) is 36.1 Å². The van der Waals surface area contributed by atoms with E-state index in [1.165, 1.54) is 11.3 Å². The molecule has 110 valence electrons. The minimum Gasteiger partial charge on any atom is -0.390 e. The van der Waals surface area contributed by atoms with Gasteiger partial charge in [0.25, 0.3) is 5.91 Å². The molecule has 0 unspecified atom stereocenters. The smallest absolute Gasteiger partial charge is 0.257 e. The maximum absolute atomic E-state index is 12.6. The first-order chi connectivity index (χ1) is 10.1. The molecule has 1 saturated heterocycles. The molecule has 0 saturated carbocycles. The fourth-order valence-electron chi connectivity index (χ4n) is 2.76. The van der Waals surface area contributed by atoms with Crippen molar-refractivity contribution in [2.24, 2.45) is 0 Å². The van der Waals surface area contributed by atoms with E-state index in [-0.39, 0.29) is 5.91 Å². The molecule has 2 aromatic rings. The minimum absolute atomic E-state index is 0.0853. The fraction of sp³-hybridized carbons (Fsp3) is 0.312. The van der Waals surface area contributed by atoms with E-state index in [4.69, 9.17) is 5.73 Å². The molecule has 1 aliphatic heterocycles. The number of hydrogen-bond donors (Lipinski definition) is 1. The minimum atomic E-state index is 0.0853. The van der Waals surface area contributed by atoms with Gasteiger partial charge in [0.2, 0.25) is 0 Å². The summed E-state index contributed by atoms with van der Waals surface area (Å²) in [5.74, 6) is 0.0853. The molecule has 1 aliphatic rings. The van der Waals surface area contributed by atoms with Gasteiger partial charge in [0.15, 0.2) is 0 Å². The number of amides is 1. The highest BCUT2D eigenvalue weighted by Gasteiger charge is 2.26. The Labute approximate surface area is 136 Å². The summed E-state index contributed by atoms with van der Waals surface area (Å²) < 4.78 is 1.04. The maximum atomic E-state index is 12.6. The van der Waals surface area contributed by atoms with Gasteiger partial charge in [-0.05, 0) is 43.0 Å². The van der Waals surface area contributed by atoms with Crippen molar-refractivity contribution in [3.05, 3.63) is 39.9 Å². The summed E-state index contributed by atoms with van der Waals surface area (Å²) in [7, 11) is 0. The highest BCUT2D eigenvalue weighted by atomic mass is 79.9. The van der Waals surface area contributed by atoms with Crippen LogP contribution in [0.2, 0.25) is 0 Å². The number of benzene rings is 1. The molecule has 1 amide bonds. The molecule has 0 aliphatic carbocycles. The van der Waals surface area contributed by atoms with Gasteiger partial charge in [0, 0.05) is 22.4 Å². The molecule has 3 rings (SSSR count).